The van der Waals surface area contributed by atoms with Gasteiger partial charge >= 0.3 is 0 Å². The summed E-state index contributed by atoms with van der Waals surface area (Å²) in [7, 11) is 4.59. The number of hydrogen-bond donors (Lipinski definition) is 1. The van der Waals surface area contributed by atoms with Gasteiger partial charge < -0.3 is 19.5 Å². The number of methoxy groups -OCH3 is 3. The first kappa shape index (κ1) is 18.1. The normalized spacial score (nSPS) is 11.1. The lowest BCUT2D eigenvalue weighted by atomic mass is 9.98. The first-order chi connectivity index (χ1) is 11.3. The number of hydrogen-bond acceptors (Lipinski definition) is 6. The summed E-state index contributed by atoms with van der Waals surface area (Å²) in [5, 5.41) is 3.75. The molecular weight excluding hydrogens is 328 g/mol. The van der Waals surface area contributed by atoms with Crippen molar-refractivity contribution in [3.63, 3.8) is 0 Å². The molecular formula is C17H22N2O4S. The van der Waals surface area contributed by atoms with Crippen LogP contribution in [0, 0.1) is 0 Å². The SMILES string of the molecule is COc1cc(NC(=O)c2cnc(C(C)(C)C)s2)cc(OC)c1OC. The average Bonchev–Trinajstić information content (AvgIpc) is 3.04. The summed E-state index contributed by atoms with van der Waals surface area (Å²) in [6.07, 6.45) is 1.60. The lowest BCUT2D eigenvalue weighted by Crippen LogP contribution is -2.11. The van der Waals surface area contributed by atoms with Crippen LogP contribution in [0.5, 0.6) is 17.2 Å². The van der Waals surface area contributed by atoms with Crippen molar-refractivity contribution in [3.05, 3.63) is 28.2 Å². The van der Waals surface area contributed by atoms with Gasteiger partial charge in [-0.2, -0.15) is 0 Å². The van der Waals surface area contributed by atoms with Gasteiger partial charge in [-0.3, -0.25) is 4.79 Å². The number of benzene rings is 1. The summed E-state index contributed by atoms with van der Waals surface area (Å²) in [5.74, 6) is 1.21. The van der Waals surface area contributed by atoms with E-state index in [1.54, 1.807) is 18.3 Å². The molecule has 1 aromatic carbocycles. The predicted octanol–water partition coefficient (Wildman–Crippen LogP) is 3.72. The molecule has 0 saturated carbocycles. The number of aromatic nitrogens is 1. The van der Waals surface area contributed by atoms with Gasteiger partial charge in [0.1, 0.15) is 4.88 Å². The van der Waals surface area contributed by atoms with Crippen LogP contribution in [0.15, 0.2) is 18.3 Å². The maximum atomic E-state index is 12.5. The molecule has 6 nitrogen and oxygen atoms in total. The zero-order valence-corrected chi connectivity index (χ0v) is 15.5. The van der Waals surface area contributed by atoms with Crippen molar-refractivity contribution in [2.24, 2.45) is 0 Å². The Morgan fingerprint density at radius 3 is 2.08 bits per heavy atom. The number of carbonyl (C=O) groups is 1. The van der Waals surface area contributed by atoms with E-state index >= 15 is 0 Å². The standard InChI is InChI=1S/C17H22N2O4S/c1-17(2,3)16-18-9-13(24-16)15(20)19-10-7-11(21-4)14(23-6)12(8-10)22-5/h7-9H,1-6H3,(H,19,20). The van der Waals surface area contributed by atoms with Gasteiger partial charge in [-0.25, -0.2) is 4.98 Å². The molecule has 0 aliphatic rings. The van der Waals surface area contributed by atoms with Gasteiger partial charge in [0.05, 0.1) is 32.5 Å². The minimum absolute atomic E-state index is 0.0875. The Morgan fingerprint density at radius 1 is 1.08 bits per heavy atom. The molecule has 0 bridgehead atoms. The third-order valence-electron chi connectivity index (χ3n) is 3.29. The van der Waals surface area contributed by atoms with Crippen LogP contribution in [0.25, 0.3) is 0 Å². The molecule has 1 amide bonds. The highest BCUT2D eigenvalue weighted by Crippen LogP contribution is 2.40. The Morgan fingerprint density at radius 2 is 1.67 bits per heavy atom. The highest BCUT2D eigenvalue weighted by atomic mass is 32.1. The molecule has 1 aromatic heterocycles. The van der Waals surface area contributed by atoms with E-state index in [2.05, 4.69) is 31.1 Å². The lowest BCUT2D eigenvalue weighted by molar-refractivity contribution is 0.103. The minimum Gasteiger partial charge on any atom is -0.493 e. The second-order valence-electron chi connectivity index (χ2n) is 6.15. The number of nitrogens with zero attached hydrogens (tertiary/aromatic N) is 1. The molecule has 7 heteroatoms. The maximum Gasteiger partial charge on any atom is 0.267 e. The number of ether oxygens (including phenoxy) is 3. The van der Waals surface area contributed by atoms with Crippen LogP contribution in [0.2, 0.25) is 0 Å². The first-order valence-corrected chi connectivity index (χ1v) is 8.19. The van der Waals surface area contributed by atoms with Crippen LogP contribution in [0.1, 0.15) is 35.5 Å². The predicted molar refractivity (Wildman–Crippen MR) is 94.9 cm³/mol. The van der Waals surface area contributed by atoms with Crippen molar-refractivity contribution in [1.29, 1.82) is 0 Å². The molecule has 1 heterocycles. The van der Waals surface area contributed by atoms with Gasteiger partial charge in [0.15, 0.2) is 11.5 Å². The largest absolute Gasteiger partial charge is 0.493 e. The fourth-order valence-electron chi connectivity index (χ4n) is 2.07. The van der Waals surface area contributed by atoms with Gasteiger partial charge in [0, 0.05) is 23.2 Å². The molecule has 0 atom stereocenters. The third kappa shape index (κ3) is 3.79. The number of nitrogens with one attached hydrogen (secondary N) is 1. The highest BCUT2D eigenvalue weighted by Gasteiger charge is 2.21. The van der Waals surface area contributed by atoms with Crippen LogP contribution in [-0.2, 0) is 5.41 Å². The van der Waals surface area contributed by atoms with E-state index in [0.717, 1.165) is 5.01 Å². The summed E-state index contributed by atoms with van der Waals surface area (Å²) < 4.78 is 15.9. The van der Waals surface area contributed by atoms with E-state index in [0.29, 0.717) is 27.8 Å². The smallest absolute Gasteiger partial charge is 0.267 e. The molecule has 130 valence electrons. The van der Waals surface area contributed by atoms with Gasteiger partial charge in [-0.05, 0) is 0 Å². The molecule has 1 N–H and O–H groups in total. The van der Waals surface area contributed by atoms with Crippen LogP contribution in [-0.4, -0.2) is 32.2 Å². The minimum atomic E-state index is -0.225. The second-order valence-corrected chi connectivity index (χ2v) is 7.18. The fourth-order valence-corrected chi connectivity index (χ4v) is 2.94. The van der Waals surface area contributed by atoms with Crippen LogP contribution in [0.4, 0.5) is 5.69 Å². The number of thiazole rings is 1. The fraction of sp³-hybridized carbons (Fsp3) is 0.412. The Hall–Kier alpha value is -2.28. The van der Waals surface area contributed by atoms with Crippen molar-refractivity contribution >= 4 is 22.9 Å². The second kappa shape index (κ2) is 7.09. The summed E-state index contributed by atoms with van der Waals surface area (Å²) >= 11 is 1.38. The molecule has 2 aromatic rings. The molecule has 0 saturated heterocycles. The van der Waals surface area contributed by atoms with Crippen LogP contribution >= 0.6 is 11.3 Å². The summed E-state index contributed by atoms with van der Waals surface area (Å²) in [6, 6.07) is 3.37. The maximum absolute atomic E-state index is 12.5. The third-order valence-corrected chi connectivity index (χ3v) is 4.72. The molecule has 0 fully saturated rings. The molecule has 24 heavy (non-hydrogen) atoms. The number of amides is 1. The summed E-state index contributed by atoms with van der Waals surface area (Å²) in [4.78, 5) is 17.3. The van der Waals surface area contributed by atoms with E-state index < -0.39 is 0 Å². The number of rotatable bonds is 5. The van der Waals surface area contributed by atoms with Gasteiger partial charge in [-0.1, -0.05) is 20.8 Å². The first-order valence-electron chi connectivity index (χ1n) is 7.37. The van der Waals surface area contributed by atoms with E-state index in [1.807, 2.05) is 0 Å². The van der Waals surface area contributed by atoms with Crippen LogP contribution in [0.3, 0.4) is 0 Å². The molecule has 0 radical (unpaired) electrons. The van der Waals surface area contributed by atoms with Crippen LogP contribution < -0.4 is 19.5 Å². The Labute approximate surface area is 145 Å². The quantitative estimate of drug-likeness (QED) is 0.890. The highest BCUT2D eigenvalue weighted by molar-refractivity contribution is 7.13. The molecule has 0 aliphatic heterocycles. The molecule has 0 aliphatic carbocycles. The average molecular weight is 350 g/mol. The topological polar surface area (TPSA) is 69.7 Å². The molecule has 2 rings (SSSR count). The van der Waals surface area contributed by atoms with Crippen molar-refractivity contribution in [3.8, 4) is 17.2 Å². The van der Waals surface area contributed by atoms with Crippen molar-refractivity contribution < 1.29 is 19.0 Å². The Bertz CT molecular complexity index is 709. The van der Waals surface area contributed by atoms with Gasteiger partial charge in [-0.15, -0.1) is 11.3 Å². The number of anilines is 1. The Balaban J connectivity index is 2.27. The summed E-state index contributed by atoms with van der Waals surface area (Å²) in [6.45, 7) is 6.19. The van der Waals surface area contributed by atoms with Crippen molar-refractivity contribution in [1.82, 2.24) is 4.98 Å². The van der Waals surface area contributed by atoms with E-state index in [4.69, 9.17) is 14.2 Å². The van der Waals surface area contributed by atoms with Gasteiger partial charge in [0.25, 0.3) is 5.91 Å². The number of carbonyl (C=O) groups excluding carboxylic acids is 1. The van der Waals surface area contributed by atoms with E-state index in [-0.39, 0.29) is 11.3 Å². The zero-order valence-electron chi connectivity index (χ0n) is 14.7. The Kier molecular flexibility index (Phi) is 5.33. The summed E-state index contributed by atoms with van der Waals surface area (Å²) in [5.41, 5.74) is 0.468. The van der Waals surface area contributed by atoms with E-state index in [1.165, 1.54) is 32.7 Å². The molecule has 0 spiro atoms. The zero-order chi connectivity index (χ0) is 17.9. The van der Waals surface area contributed by atoms with Gasteiger partial charge in [0.2, 0.25) is 5.75 Å². The lowest BCUT2D eigenvalue weighted by Gasteiger charge is -2.14. The van der Waals surface area contributed by atoms with Crippen molar-refractivity contribution in [2.45, 2.75) is 26.2 Å². The monoisotopic (exact) mass is 350 g/mol. The van der Waals surface area contributed by atoms with Crippen molar-refractivity contribution in [2.75, 3.05) is 26.6 Å². The van der Waals surface area contributed by atoms with E-state index in [9.17, 15) is 4.79 Å². The molecule has 0 unspecified atom stereocenters.